The molecule has 0 heterocycles. The van der Waals surface area contributed by atoms with Crippen molar-refractivity contribution in [2.75, 3.05) is 6.61 Å². The number of carbonyl (C=O) groups excluding carboxylic acids is 1. The van der Waals surface area contributed by atoms with Crippen molar-refractivity contribution in [1.82, 2.24) is 5.32 Å². The molecule has 1 amide bonds. The predicted molar refractivity (Wildman–Crippen MR) is 71.6 cm³/mol. The molecule has 0 saturated heterocycles. The molecule has 0 spiro atoms. The van der Waals surface area contributed by atoms with E-state index in [1.54, 1.807) is 13.8 Å². The molecular formula is C14H16F3NO4. The molecule has 122 valence electrons. The number of hydrogen-bond acceptors (Lipinski definition) is 3. The lowest BCUT2D eigenvalue weighted by molar-refractivity contribution is -0.138. The van der Waals surface area contributed by atoms with E-state index in [1.165, 1.54) is 0 Å². The van der Waals surface area contributed by atoms with E-state index in [0.717, 1.165) is 12.1 Å². The van der Waals surface area contributed by atoms with Gasteiger partial charge >= 0.3 is 12.1 Å². The van der Waals surface area contributed by atoms with Crippen molar-refractivity contribution in [3.63, 3.8) is 0 Å². The smallest absolute Gasteiger partial charge is 0.417 e. The van der Waals surface area contributed by atoms with Gasteiger partial charge in [0.25, 0.3) is 5.91 Å². The summed E-state index contributed by atoms with van der Waals surface area (Å²) in [6.45, 7) is 2.97. The summed E-state index contributed by atoms with van der Waals surface area (Å²) < 4.78 is 39.0. The second-order valence-electron chi connectivity index (χ2n) is 5.07. The third-order valence-electron chi connectivity index (χ3n) is 3.13. The second kappa shape index (κ2) is 6.78. The number of hydrogen-bond donors (Lipinski definition) is 3. The quantitative estimate of drug-likeness (QED) is 0.776. The Labute approximate surface area is 124 Å². The van der Waals surface area contributed by atoms with Crippen LogP contribution in [0.2, 0.25) is 0 Å². The molecule has 0 bridgehead atoms. The normalized spacial score (nSPS) is 13.0. The van der Waals surface area contributed by atoms with Gasteiger partial charge in [0.05, 0.1) is 29.3 Å². The molecule has 0 unspecified atom stereocenters. The summed E-state index contributed by atoms with van der Waals surface area (Å²) in [6.07, 6.45) is -4.87. The number of amides is 1. The molecule has 0 aliphatic heterocycles. The highest BCUT2D eigenvalue weighted by molar-refractivity contribution is 5.97. The Hall–Kier alpha value is -2.09. The monoisotopic (exact) mass is 319 g/mol. The van der Waals surface area contributed by atoms with Crippen molar-refractivity contribution in [2.45, 2.75) is 26.1 Å². The maximum absolute atomic E-state index is 13.0. The van der Waals surface area contributed by atoms with Crippen molar-refractivity contribution in [3.8, 4) is 0 Å². The largest absolute Gasteiger partial charge is 0.478 e. The van der Waals surface area contributed by atoms with Crippen LogP contribution in [0, 0.1) is 5.92 Å². The van der Waals surface area contributed by atoms with E-state index >= 15 is 0 Å². The van der Waals surface area contributed by atoms with Crippen molar-refractivity contribution < 1.29 is 33.0 Å². The molecule has 5 nitrogen and oxygen atoms in total. The number of halogens is 3. The lowest BCUT2D eigenvalue weighted by atomic mass is 10.0. The van der Waals surface area contributed by atoms with Crippen LogP contribution in [0.5, 0.6) is 0 Å². The van der Waals surface area contributed by atoms with Gasteiger partial charge in [-0.2, -0.15) is 13.2 Å². The van der Waals surface area contributed by atoms with Crippen LogP contribution in [-0.4, -0.2) is 34.7 Å². The van der Waals surface area contributed by atoms with E-state index in [9.17, 15) is 22.8 Å². The summed E-state index contributed by atoms with van der Waals surface area (Å²) in [4.78, 5) is 22.8. The van der Waals surface area contributed by atoms with Crippen LogP contribution in [0.15, 0.2) is 18.2 Å². The Morgan fingerprint density at radius 3 is 2.27 bits per heavy atom. The summed E-state index contributed by atoms with van der Waals surface area (Å²) >= 11 is 0. The Morgan fingerprint density at radius 2 is 1.86 bits per heavy atom. The summed E-state index contributed by atoms with van der Waals surface area (Å²) in [5.74, 6) is -2.72. The molecular weight excluding hydrogens is 303 g/mol. The standard InChI is InChI=1S/C14H16F3NO4/c1-7(2)11(6-19)18-12(20)9-4-3-8(13(21)22)5-10(9)14(15,16)17/h3-5,7,11,19H,6H2,1-2H3,(H,18,20)(H,21,22)/t11-/m0/s1. The second-order valence-corrected chi connectivity index (χ2v) is 5.07. The highest BCUT2D eigenvalue weighted by atomic mass is 19.4. The number of nitrogens with one attached hydrogen (secondary N) is 1. The minimum Gasteiger partial charge on any atom is -0.478 e. The van der Waals surface area contributed by atoms with Gasteiger partial charge in [0.2, 0.25) is 0 Å². The topological polar surface area (TPSA) is 86.6 Å². The van der Waals surface area contributed by atoms with E-state index < -0.39 is 47.4 Å². The molecule has 1 atom stereocenters. The zero-order valence-corrected chi connectivity index (χ0v) is 11.9. The van der Waals surface area contributed by atoms with Crippen LogP contribution in [0.4, 0.5) is 13.2 Å². The molecule has 1 rings (SSSR count). The fourth-order valence-electron chi connectivity index (χ4n) is 1.78. The first kappa shape index (κ1) is 18.0. The van der Waals surface area contributed by atoms with Crippen molar-refractivity contribution in [2.24, 2.45) is 5.92 Å². The van der Waals surface area contributed by atoms with Crippen molar-refractivity contribution in [3.05, 3.63) is 34.9 Å². The SMILES string of the molecule is CC(C)[C@H](CO)NC(=O)c1ccc(C(=O)O)cc1C(F)(F)F. The van der Waals surface area contributed by atoms with Crippen molar-refractivity contribution in [1.29, 1.82) is 0 Å². The lowest BCUT2D eigenvalue weighted by Crippen LogP contribution is -2.41. The molecule has 3 N–H and O–H groups in total. The number of carbonyl (C=O) groups is 2. The van der Waals surface area contributed by atoms with Gasteiger partial charge in [-0.3, -0.25) is 4.79 Å². The zero-order valence-electron chi connectivity index (χ0n) is 11.9. The van der Waals surface area contributed by atoms with Gasteiger partial charge in [0, 0.05) is 0 Å². The zero-order chi connectivity index (χ0) is 17.1. The van der Waals surface area contributed by atoms with Gasteiger partial charge in [-0.15, -0.1) is 0 Å². The van der Waals surface area contributed by atoms with E-state index in [2.05, 4.69) is 5.32 Å². The first-order chi connectivity index (χ1) is 10.1. The minimum absolute atomic E-state index is 0.179. The Bertz CT molecular complexity index is 570. The number of aliphatic hydroxyl groups is 1. The molecule has 0 fully saturated rings. The molecule has 1 aromatic rings. The minimum atomic E-state index is -4.87. The van der Waals surface area contributed by atoms with E-state index in [0.29, 0.717) is 6.07 Å². The summed E-state index contributed by atoms with van der Waals surface area (Å²) in [5, 5.41) is 20.2. The Morgan fingerprint density at radius 1 is 1.27 bits per heavy atom. The van der Waals surface area contributed by atoms with Gasteiger partial charge in [0.1, 0.15) is 0 Å². The van der Waals surface area contributed by atoms with Crippen LogP contribution in [0.1, 0.15) is 40.1 Å². The van der Waals surface area contributed by atoms with Crippen LogP contribution in [0.25, 0.3) is 0 Å². The van der Waals surface area contributed by atoms with Gasteiger partial charge in [-0.05, 0) is 24.1 Å². The number of carboxylic acid groups (broad SMARTS) is 1. The first-order valence-corrected chi connectivity index (χ1v) is 6.44. The van der Waals surface area contributed by atoms with Gasteiger partial charge in [0.15, 0.2) is 0 Å². The predicted octanol–water partition coefficient (Wildman–Crippen LogP) is 2.15. The maximum Gasteiger partial charge on any atom is 0.417 e. The average molecular weight is 319 g/mol. The summed E-state index contributed by atoms with van der Waals surface area (Å²) in [6, 6.07) is 1.46. The molecule has 8 heteroatoms. The third-order valence-corrected chi connectivity index (χ3v) is 3.13. The number of rotatable bonds is 5. The molecule has 22 heavy (non-hydrogen) atoms. The van der Waals surface area contributed by atoms with Crippen LogP contribution in [0.3, 0.4) is 0 Å². The fraction of sp³-hybridized carbons (Fsp3) is 0.429. The van der Waals surface area contributed by atoms with Crippen LogP contribution < -0.4 is 5.32 Å². The summed E-state index contributed by atoms with van der Waals surface area (Å²) in [7, 11) is 0. The van der Waals surface area contributed by atoms with Crippen LogP contribution in [-0.2, 0) is 6.18 Å². The number of carboxylic acids is 1. The fourth-order valence-corrected chi connectivity index (χ4v) is 1.78. The van der Waals surface area contributed by atoms with Crippen LogP contribution >= 0.6 is 0 Å². The number of aromatic carboxylic acids is 1. The number of benzene rings is 1. The van der Waals surface area contributed by atoms with Gasteiger partial charge in [-0.25, -0.2) is 4.79 Å². The lowest BCUT2D eigenvalue weighted by Gasteiger charge is -2.21. The van der Waals surface area contributed by atoms with E-state index in [-0.39, 0.29) is 5.92 Å². The van der Waals surface area contributed by atoms with Gasteiger partial charge < -0.3 is 15.5 Å². The Balaban J connectivity index is 3.23. The highest BCUT2D eigenvalue weighted by Gasteiger charge is 2.36. The first-order valence-electron chi connectivity index (χ1n) is 6.44. The molecule has 0 aliphatic carbocycles. The average Bonchev–Trinajstić information content (AvgIpc) is 2.42. The van der Waals surface area contributed by atoms with Crippen molar-refractivity contribution >= 4 is 11.9 Å². The van der Waals surface area contributed by atoms with E-state index in [1.807, 2.05) is 0 Å². The molecule has 0 aliphatic rings. The Kier molecular flexibility index (Phi) is 5.54. The van der Waals surface area contributed by atoms with Gasteiger partial charge in [-0.1, -0.05) is 13.8 Å². The highest BCUT2D eigenvalue weighted by Crippen LogP contribution is 2.33. The molecule has 0 aromatic heterocycles. The maximum atomic E-state index is 13.0. The summed E-state index contributed by atoms with van der Waals surface area (Å²) in [5.41, 5.74) is -2.58. The number of alkyl halides is 3. The molecule has 0 radical (unpaired) electrons. The molecule has 1 aromatic carbocycles. The number of aliphatic hydroxyl groups excluding tert-OH is 1. The molecule has 0 saturated carbocycles. The van der Waals surface area contributed by atoms with E-state index in [4.69, 9.17) is 10.2 Å². The third kappa shape index (κ3) is 4.20.